The van der Waals surface area contributed by atoms with Gasteiger partial charge in [0.2, 0.25) is 10.0 Å². The molecule has 0 bridgehead atoms. The fraction of sp³-hybridized carbons (Fsp3) is 0.455. The van der Waals surface area contributed by atoms with Crippen molar-refractivity contribution in [3.63, 3.8) is 0 Å². The van der Waals surface area contributed by atoms with Gasteiger partial charge in [-0.25, -0.2) is 13.1 Å². The molecule has 1 aromatic carbocycles. The summed E-state index contributed by atoms with van der Waals surface area (Å²) in [6.45, 7) is 4.25. The average molecular weight is 454 g/mol. The highest BCUT2D eigenvalue weighted by Crippen LogP contribution is 2.32. The molecular formula is C11H13Br2Cl2NO2S. The first-order valence-electron chi connectivity index (χ1n) is 5.43. The number of benzene rings is 1. The molecular weight excluding hydrogens is 441 g/mol. The van der Waals surface area contributed by atoms with Crippen LogP contribution >= 0.6 is 55.1 Å². The highest BCUT2D eigenvalue weighted by Gasteiger charge is 2.23. The Morgan fingerprint density at radius 2 is 1.74 bits per heavy atom. The quantitative estimate of drug-likeness (QED) is 0.669. The first kappa shape index (κ1) is 17.7. The van der Waals surface area contributed by atoms with Crippen LogP contribution in [0.25, 0.3) is 0 Å². The first-order valence-corrected chi connectivity index (χ1v) is 9.38. The van der Waals surface area contributed by atoms with Gasteiger partial charge < -0.3 is 0 Å². The van der Waals surface area contributed by atoms with E-state index in [0.29, 0.717) is 10.4 Å². The number of hydrogen-bond donors (Lipinski definition) is 1. The van der Waals surface area contributed by atoms with Crippen LogP contribution in [-0.2, 0) is 10.0 Å². The maximum Gasteiger partial charge on any atom is 0.243 e. The fourth-order valence-corrected chi connectivity index (χ4v) is 4.65. The molecule has 8 heteroatoms. The molecule has 1 atom stereocenters. The lowest BCUT2D eigenvalue weighted by Gasteiger charge is -2.16. The van der Waals surface area contributed by atoms with Crippen molar-refractivity contribution >= 4 is 65.1 Å². The SMILES string of the molecule is CC(C)C(Br)CNS(=O)(=O)c1c(Cl)cc(Br)cc1Cl. The topological polar surface area (TPSA) is 46.2 Å². The second-order valence-corrected chi connectivity index (χ2v) is 8.92. The fourth-order valence-electron chi connectivity index (χ4n) is 1.28. The molecule has 0 heterocycles. The standard InChI is InChI=1S/C11H13Br2Cl2NO2S/c1-6(2)8(13)5-16-19(17,18)11-9(14)3-7(12)4-10(11)15/h3-4,6,8,16H,5H2,1-2H3. The van der Waals surface area contributed by atoms with Crippen LogP contribution in [0, 0.1) is 5.92 Å². The van der Waals surface area contributed by atoms with Crippen LogP contribution in [0.15, 0.2) is 21.5 Å². The molecule has 0 aliphatic rings. The molecule has 0 aliphatic carbocycles. The Bertz CT molecular complexity index is 541. The van der Waals surface area contributed by atoms with Gasteiger partial charge in [0.15, 0.2) is 0 Å². The largest absolute Gasteiger partial charge is 0.243 e. The van der Waals surface area contributed by atoms with Gasteiger partial charge in [-0.2, -0.15) is 0 Å². The Hall–Kier alpha value is 0.670. The Balaban J connectivity index is 3.02. The molecule has 0 spiro atoms. The van der Waals surface area contributed by atoms with Crippen molar-refractivity contribution in [2.45, 2.75) is 23.6 Å². The van der Waals surface area contributed by atoms with Crippen molar-refractivity contribution < 1.29 is 8.42 Å². The second kappa shape index (κ2) is 7.09. The minimum Gasteiger partial charge on any atom is -0.210 e. The van der Waals surface area contributed by atoms with Crippen molar-refractivity contribution in [2.24, 2.45) is 5.92 Å². The predicted molar refractivity (Wildman–Crippen MR) is 86.9 cm³/mol. The highest BCUT2D eigenvalue weighted by atomic mass is 79.9. The summed E-state index contributed by atoms with van der Waals surface area (Å²) < 4.78 is 27.5. The monoisotopic (exact) mass is 451 g/mol. The molecule has 0 aromatic heterocycles. The van der Waals surface area contributed by atoms with E-state index in [-0.39, 0.29) is 26.3 Å². The van der Waals surface area contributed by atoms with Gasteiger partial charge in [0.1, 0.15) is 4.90 Å². The van der Waals surface area contributed by atoms with Gasteiger partial charge in [0.05, 0.1) is 10.0 Å². The number of halogens is 4. The van der Waals surface area contributed by atoms with Crippen LogP contribution in [0.2, 0.25) is 10.0 Å². The lowest BCUT2D eigenvalue weighted by atomic mass is 10.1. The second-order valence-electron chi connectivity index (χ2n) is 4.31. The smallest absolute Gasteiger partial charge is 0.210 e. The molecule has 1 unspecified atom stereocenters. The van der Waals surface area contributed by atoms with Gasteiger partial charge in [0.25, 0.3) is 0 Å². The van der Waals surface area contributed by atoms with E-state index in [2.05, 4.69) is 36.6 Å². The average Bonchev–Trinajstić information content (AvgIpc) is 2.23. The van der Waals surface area contributed by atoms with E-state index in [0.717, 1.165) is 0 Å². The molecule has 0 fully saturated rings. The van der Waals surface area contributed by atoms with Gasteiger partial charge in [0, 0.05) is 15.8 Å². The van der Waals surface area contributed by atoms with Gasteiger partial charge in [-0.05, 0) is 18.1 Å². The summed E-state index contributed by atoms with van der Waals surface area (Å²) in [6.07, 6.45) is 0. The van der Waals surface area contributed by atoms with Gasteiger partial charge >= 0.3 is 0 Å². The molecule has 1 N–H and O–H groups in total. The van der Waals surface area contributed by atoms with E-state index in [9.17, 15) is 8.42 Å². The van der Waals surface area contributed by atoms with Crippen molar-refractivity contribution in [2.75, 3.05) is 6.54 Å². The highest BCUT2D eigenvalue weighted by molar-refractivity contribution is 9.10. The molecule has 1 aromatic rings. The summed E-state index contributed by atoms with van der Waals surface area (Å²) in [4.78, 5) is -0.0576. The normalized spacial score (nSPS) is 13.8. The number of sulfonamides is 1. The molecule has 1 rings (SSSR count). The number of hydrogen-bond acceptors (Lipinski definition) is 2. The summed E-state index contributed by atoms with van der Waals surface area (Å²) in [7, 11) is -3.73. The van der Waals surface area contributed by atoms with Gasteiger partial charge in [-0.1, -0.05) is 68.9 Å². The summed E-state index contributed by atoms with van der Waals surface area (Å²) in [5.41, 5.74) is 0. The van der Waals surface area contributed by atoms with E-state index in [4.69, 9.17) is 23.2 Å². The van der Waals surface area contributed by atoms with Crippen molar-refractivity contribution in [1.82, 2.24) is 4.72 Å². The zero-order chi connectivity index (χ0) is 14.8. The van der Waals surface area contributed by atoms with Crippen LogP contribution in [-0.4, -0.2) is 19.8 Å². The molecule has 0 amide bonds. The van der Waals surface area contributed by atoms with Crippen molar-refractivity contribution in [3.05, 3.63) is 26.7 Å². The van der Waals surface area contributed by atoms with Crippen LogP contribution in [0.4, 0.5) is 0 Å². The molecule has 19 heavy (non-hydrogen) atoms. The third-order valence-corrected chi connectivity index (χ3v) is 6.61. The molecule has 0 saturated heterocycles. The van der Waals surface area contributed by atoms with Crippen molar-refractivity contribution in [1.29, 1.82) is 0 Å². The zero-order valence-corrected chi connectivity index (χ0v) is 15.8. The molecule has 0 aliphatic heterocycles. The van der Waals surface area contributed by atoms with E-state index in [1.165, 1.54) is 12.1 Å². The zero-order valence-electron chi connectivity index (χ0n) is 10.3. The summed E-state index contributed by atoms with van der Waals surface area (Å²) in [5.74, 6) is 0.304. The van der Waals surface area contributed by atoms with E-state index in [1.54, 1.807) is 0 Å². The van der Waals surface area contributed by atoms with Crippen LogP contribution in [0.3, 0.4) is 0 Å². The third kappa shape index (κ3) is 4.86. The van der Waals surface area contributed by atoms with E-state index >= 15 is 0 Å². The lowest BCUT2D eigenvalue weighted by Crippen LogP contribution is -2.32. The van der Waals surface area contributed by atoms with Crippen LogP contribution in [0.5, 0.6) is 0 Å². The van der Waals surface area contributed by atoms with Gasteiger partial charge in [-0.15, -0.1) is 0 Å². The lowest BCUT2D eigenvalue weighted by molar-refractivity contribution is 0.563. The Kier molecular flexibility index (Phi) is 6.61. The van der Waals surface area contributed by atoms with E-state index in [1.807, 2.05) is 13.8 Å². The molecule has 0 saturated carbocycles. The number of nitrogens with one attached hydrogen (secondary N) is 1. The summed E-state index contributed by atoms with van der Waals surface area (Å²) in [5, 5.41) is 0.171. The van der Waals surface area contributed by atoms with Crippen molar-refractivity contribution in [3.8, 4) is 0 Å². The third-order valence-electron chi connectivity index (χ3n) is 2.42. The minimum absolute atomic E-state index is 0.0373. The molecule has 3 nitrogen and oxygen atoms in total. The number of rotatable bonds is 5. The summed E-state index contributed by atoms with van der Waals surface area (Å²) >= 11 is 18.5. The summed E-state index contributed by atoms with van der Waals surface area (Å²) in [6, 6.07) is 2.99. The molecule has 108 valence electrons. The Morgan fingerprint density at radius 1 is 1.26 bits per heavy atom. The Morgan fingerprint density at radius 3 is 2.16 bits per heavy atom. The predicted octanol–water partition coefficient (Wildman–Crippen LogP) is 4.45. The van der Waals surface area contributed by atoms with Crippen LogP contribution in [0.1, 0.15) is 13.8 Å². The maximum absolute atomic E-state index is 12.2. The Labute approximate surface area is 140 Å². The molecule has 0 radical (unpaired) electrons. The maximum atomic E-state index is 12.2. The minimum atomic E-state index is -3.73. The van der Waals surface area contributed by atoms with Gasteiger partial charge in [-0.3, -0.25) is 0 Å². The number of alkyl halides is 1. The van der Waals surface area contributed by atoms with Crippen LogP contribution < -0.4 is 4.72 Å². The van der Waals surface area contributed by atoms with E-state index < -0.39 is 10.0 Å². The first-order chi connectivity index (χ1) is 8.65.